The summed E-state index contributed by atoms with van der Waals surface area (Å²) >= 11 is 0. The van der Waals surface area contributed by atoms with Gasteiger partial charge in [0.2, 0.25) is 0 Å². The zero-order valence-corrected chi connectivity index (χ0v) is 10.6. The first kappa shape index (κ1) is 10.8. The molecular weight excluding hydrogens is 208 g/mol. The summed E-state index contributed by atoms with van der Waals surface area (Å²) in [6.07, 6.45) is 3.55. The van der Waals surface area contributed by atoms with Crippen LogP contribution in [0.25, 0.3) is 10.9 Å². The molecule has 17 heavy (non-hydrogen) atoms. The molecule has 0 bridgehead atoms. The number of hydrogen-bond acceptors (Lipinski definition) is 1. The Kier molecular flexibility index (Phi) is 2.67. The molecular formula is C15H20N2. The van der Waals surface area contributed by atoms with E-state index >= 15 is 0 Å². The molecule has 0 amide bonds. The van der Waals surface area contributed by atoms with E-state index in [4.69, 9.17) is 0 Å². The minimum atomic E-state index is 0.768. The van der Waals surface area contributed by atoms with E-state index in [2.05, 4.69) is 48.5 Å². The summed E-state index contributed by atoms with van der Waals surface area (Å²) in [5.41, 5.74) is 4.15. The SMILES string of the molecule is CCNCC1CC1c1c[nH]c2ccc(C)cc12. The largest absolute Gasteiger partial charge is 0.361 e. The van der Waals surface area contributed by atoms with Gasteiger partial charge in [0, 0.05) is 17.1 Å². The molecule has 1 aliphatic rings. The molecule has 1 aromatic carbocycles. The van der Waals surface area contributed by atoms with E-state index in [1.807, 2.05) is 0 Å². The van der Waals surface area contributed by atoms with Gasteiger partial charge in [0.1, 0.15) is 0 Å². The summed E-state index contributed by atoms with van der Waals surface area (Å²) in [4.78, 5) is 3.39. The Morgan fingerprint density at radius 3 is 3.12 bits per heavy atom. The van der Waals surface area contributed by atoms with E-state index in [-0.39, 0.29) is 0 Å². The van der Waals surface area contributed by atoms with Gasteiger partial charge >= 0.3 is 0 Å². The highest BCUT2D eigenvalue weighted by Crippen LogP contribution is 2.49. The van der Waals surface area contributed by atoms with Gasteiger partial charge < -0.3 is 10.3 Å². The Morgan fingerprint density at radius 2 is 2.29 bits per heavy atom. The van der Waals surface area contributed by atoms with Gasteiger partial charge in [-0.2, -0.15) is 0 Å². The van der Waals surface area contributed by atoms with Gasteiger partial charge in [0.15, 0.2) is 0 Å². The van der Waals surface area contributed by atoms with Crippen LogP contribution in [0.15, 0.2) is 24.4 Å². The Bertz CT molecular complexity index is 527. The van der Waals surface area contributed by atoms with Crippen LogP contribution in [0.2, 0.25) is 0 Å². The highest BCUT2D eigenvalue weighted by Gasteiger charge is 2.38. The van der Waals surface area contributed by atoms with Gasteiger partial charge in [0.05, 0.1) is 0 Å². The van der Waals surface area contributed by atoms with Crippen LogP contribution in [0.3, 0.4) is 0 Å². The number of fused-ring (bicyclic) bond motifs is 1. The molecule has 1 fully saturated rings. The van der Waals surface area contributed by atoms with Crippen LogP contribution in [0, 0.1) is 12.8 Å². The van der Waals surface area contributed by atoms with Crippen molar-refractivity contribution in [1.82, 2.24) is 10.3 Å². The average molecular weight is 228 g/mol. The maximum atomic E-state index is 3.45. The highest BCUT2D eigenvalue weighted by atomic mass is 14.9. The maximum absolute atomic E-state index is 3.45. The number of benzene rings is 1. The van der Waals surface area contributed by atoms with Gasteiger partial charge in [0.25, 0.3) is 0 Å². The lowest BCUT2D eigenvalue weighted by atomic mass is 10.1. The Morgan fingerprint density at radius 1 is 1.41 bits per heavy atom. The Hall–Kier alpha value is -1.28. The molecule has 2 aromatic rings. The second-order valence-electron chi connectivity index (χ2n) is 5.20. The third-order valence-electron chi connectivity index (χ3n) is 3.85. The maximum Gasteiger partial charge on any atom is 0.0457 e. The number of nitrogens with one attached hydrogen (secondary N) is 2. The molecule has 1 aliphatic carbocycles. The monoisotopic (exact) mass is 228 g/mol. The average Bonchev–Trinajstić information content (AvgIpc) is 2.98. The topological polar surface area (TPSA) is 27.8 Å². The number of H-pyrrole nitrogens is 1. The number of aromatic amines is 1. The zero-order chi connectivity index (χ0) is 11.8. The normalized spacial score (nSPS) is 23.2. The van der Waals surface area contributed by atoms with Gasteiger partial charge in [-0.1, -0.05) is 18.6 Å². The summed E-state index contributed by atoms with van der Waals surface area (Å²) in [6.45, 7) is 6.58. The fourth-order valence-corrected chi connectivity index (χ4v) is 2.75. The lowest BCUT2D eigenvalue weighted by molar-refractivity contribution is 0.650. The first-order valence-electron chi connectivity index (χ1n) is 6.58. The van der Waals surface area contributed by atoms with Crippen LogP contribution >= 0.6 is 0 Å². The second-order valence-corrected chi connectivity index (χ2v) is 5.20. The molecule has 1 saturated carbocycles. The van der Waals surface area contributed by atoms with Gasteiger partial charge in [-0.25, -0.2) is 0 Å². The van der Waals surface area contributed by atoms with Crippen molar-refractivity contribution in [2.45, 2.75) is 26.2 Å². The summed E-state index contributed by atoms with van der Waals surface area (Å²) in [5.74, 6) is 1.61. The second kappa shape index (κ2) is 4.19. The molecule has 90 valence electrons. The van der Waals surface area contributed by atoms with Crippen molar-refractivity contribution in [3.63, 3.8) is 0 Å². The summed E-state index contributed by atoms with van der Waals surface area (Å²) in [5, 5.41) is 4.88. The molecule has 1 aromatic heterocycles. The first-order valence-corrected chi connectivity index (χ1v) is 6.58. The first-order chi connectivity index (χ1) is 8.29. The molecule has 0 radical (unpaired) electrons. The lowest BCUT2D eigenvalue weighted by Crippen LogP contribution is -2.16. The van der Waals surface area contributed by atoms with Crippen molar-refractivity contribution in [3.8, 4) is 0 Å². The summed E-state index contributed by atoms with van der Waals surface area (Å²) in [6, 6.07) is 6.67. The molecule has 0 spiro atoms. The fourth-order valence-electron chi connectivity index (χ4n) is 2.75. The Balaban J connectivity index is 1.84. The number of aryl methyl sites for hydroxylation is 1. The van der Waals surface area contributed by atoms with Crippen molar-refractivity contribution >= 4 is 10.9 Å². The van der Waals surface area contributed by atoms with Crippen molar-refractivity contribution in [2.75, 3.05) is 13.1 Å². The van der Waals surface area contributed by atoms with E-state index < -0.39 is 0 Å². The molecule has 1 heterocycles. The third-order valence-corrected chi connectivity index (χ3v) is 3.85. The van der Waals surface area contributed by atoms with Gasteiger partial charge in [-0.15, -0.1) is 0 Å². The van der Waals surface area contributed by atoms with Crippen LogP contribution < -0.4 is 5.32 Å². The number of hydrogen-bond donors (Lipinski definition) is 2. The predicted octanol–water partition coefficient (Wildman–Crippen LogP) is 3.19. The van der Waals surface area contributed by atoms with Crippen LogP contribution in [-0.2, 0) is 0 Å². The van der Waals surface area contributed by atoms with E-state index in [1.54, 1.807) is 0 Å². The number of rotatable bonds is 4. The molecule has 2 unspecified atom stereocenters. The van der Waals surface area contributed by atoms with Crippen LogP contribution in [-0.4, -0.2) is 18.1 Å². The molecule has 3 rings (SSSR count). The smallest absolute Gasteiger partial charge is 0.0457 e. The van der Waals surface area contributed by atoms with Crippen LogP contribution in [0.5, 0.6) is 0 Å². The van der Waals surface area contributed by atoms with Crippen molar-refractivity contribution in [2.24, 2.45) is 5.92 Å². The van der Waals surface area contributed by atoms with E-state index in [0.29, 0.717) is 0 Å². The molecule has 2 N–H and O–H groups in total. The predicted molar refractivity (Wildman–Crippen MR) is 72.4 cm³/mol. The van der Waals surface area contributed by atoms with E-state index in [0.717, 1.165) is 18.4 Å². The fraction of sp³-hybridized carbons (Fsp3) is 0.467. The van der Waals surface area contributed by atoms with Gasteiger partial charge in [-0.3, -0.25) is 0 Å². The minimum Gasteiger partial charge on any atom is -0.361 e. The zero-order valence-electron chi connectivity index (χ0n) is 10.6. The number of aromatic nitrogens is 1. The highest BCUT2D eigenvalue weighted by molar-refractivity contribution is 5.84. The van der Waals surface area contributed by atoms with Crippen molar-refractivity contribution in [1.29, 1.82) is 0 Å². The molecule has 2 nitrogen and oxygen atoms in total. The summed E-state index contributed by atoms with van der Waals surface area (Å²) < 4.78 is 0. The Labute approximate surface area is 102 Å². The van der Waals surface area contributed by atoms with Gasteiger partial charge in [-0.05, 0) is 56.0 Å². The minimum absolute atomic E-state index is 0.768. The van der Waals surface area contributed by atoms with Crippen molar-refractivity contribution in [3.05, 3.63) is 35.5 Å². The van der Waals surface area contributed by atoms with Crippen molar-refractivity contribution < 1.29 is 0 Å². The van der Waals surface area contributed by atoms with E-state index in [9.17, 15) is 0 Å². The van der Waals surface area contributed by atoms with E-state index in [1.165, 1.54) is 35.0 Å². The molecule has 2 heteroatoms. The summed E-state index contributed by atoms with van der Waals surface area (Å²) in [7, 11) is 0. The third kappa shape index (κ3) is 1.98. The quantitative estimate of drug-likeness (QED) is 0.826. The molecule has 2 atom stereocenters. The van der Waals surface area contributed by atoms with Crippen LogP contribution in [0.4, 0.5) is 0 Å². The molecule has 0 saturated heterocycles. The molecule has 0 aliphatic heterocycles. The standard InChI is InChI=1S/C15H20N2/c1-3-16-8-11-7-12(11)14-9-17-15-5-4-10(2)6-13(14)15/h4-6,9,11-12,16-17H,3,7-8H2,1-2H3. The van der Waals surface area contributed by atoms with Crippen LogP contribution in [0.1, 0.15) is 30.4 Å². The lowest BCUT2D eigenvalue weighted by Gasteiger charge is -2.01.